The zero-order chi connectivity index (χ0) is 18.4. The summed E-state index contributed by atoms with van der Waals surface area (Å²) in [7, 11) is 1.65. The summed E-state index contributed by atoms with van der Waals surface area (Å²) in [5.74, 6) is 2.32. The molecule has 0 bridgehead atoms. The Morgan fingerprint density at radius 1 is 1.19 bits per heavy atom. The largest absolute Gasteiger partial charge is 0.496 e. The summed E-state index contributed by atoms with van der Waals surface area (Å²) >= 11 is 0. The minimum atomic E-state index is -0.0833. The summed E-state index contributed by atoms with van der Waals surface area (Å²) in [6.45, 7) is 3.91. The van der Waals surface area contributed by atoms with Crippen molar-refractivity contribution in [1.82, 2.24) is 10.2 Å². The second kappa shape index (κ2) is 8.47. The number of nitrogens with one attached hydrogen (secondary N) is 1. The lowest BCUT2D eigenvalue weighted by Gasteiger charge is -2.22. The fourth-order valence-corrected chi connectivity index (χ4v) is 2.91. The van der Waals surface area contributed by atoms with Gasteiger partial charge in [-0.3, -0.25) is 0 Å². The fourth-order valence-electron chi connectivity index (χ4n) is 2.91. The molecule has 0 saturated carbocycles. The van der Waals surface area contributed by atoms with E-state index in [9.17, 15) is 4.79 Å². The van der Waals surface area contributed by atoms with Crippen LogP contribution in [0.25, 0.3) is 0 Å². The summed E-state index contributed by atoms with van der Waals surface area (Å²) in [6, 6.07) is 13.5. The molecule has 0 aromatic heterocycles. The molecule has 3 rings (SSSR count). The number of benzene rings is 2. The van der Waals surface area contributed by atoms with Crippen LogP contribution in [0.5, 0.6) is 17.2 Å². The molecular formula is C20H24N2O4. The third kappa shape index (κ3) is 4.20. The van der Waals surface area contributed by atoms with Crippen LogP contribution in [-0.2, 0) is 13.0 Å². The lowest BCUT2D eigenvalue weighted by molar-refractivity contribution is 0.173. The molecule has 1 heterocycles. The predicted molar refractivity (Wildman–Crippen MR) is 98.7 cm³/mol. The Labute approximate surface area is 153 Å². The standard InChI is InChI=1S/C20H24N2O4/c1-3-22(13-15-8-9-18-19(12-15)26-14-25-18)20(23)21-11-10-16-6-4-5-7-17(16)24-2/h4-9,12H,3,10-11,13-14H2,1-2H3,(H,21,23). The maximum Gasteiger partial charge on any atom is 0.317 e. The Kier molecular flexibility index (Phi) is 5.84. The number of urea groups is 1. The first kappa shape index (κ1) is 17.9. The van der Waals surface area contributed by atoms with Gasteiger partial charge in [0.25, 0.3) is 0 Å². The molecule has 0 atom stereocenters. The average molecular weight is 356 g/mol. The number of fused-ring (bicyclic) bond motifs is 1. The molecular weight excluding hydrogens is 332 g/mol. The van der Waals surface area contributed by atoms with Crippen LogP contribution < -0.4 is 19.5 Å². The predicted octanol–water partition coefficient (Wildman–Crippen LogP) is 3.20. The topological polar surface area (TPSA) is 60.0 Å². The van der Waals surface area contributed by atoms with E-state index in [2.05, 4.69) is 5.32 Å². The van der Waals surface area contributed by atoms with Gasteiger partial charge >= 0.3 is 6.03 Å². The van der Waals surface area contributed by atoms with E-state index in [-0.39, 0.29) is 12.8 Å². The number of methoxy groups -OCH3 is 1. The molecule has 0 saturated heterocycles. The minimum absolute atomic E-state index is 0.0833. The smallest absolute Gasteiger partial charge is 0.317 e. The highest BCUT2D eigenvalue weighted by molar-refractivity contribution is 5.74. The van der Waals surface area contributed by atoms with Crippen LogP contribution >= 0.6 is 0 Å². The molecule has 0 spiro atoms. The van der Waals surface area contributed by atoms with Crippen molar-refractivity contribution < 1.29 is 19.0 Å². The number of carbonyl (C=O) groups is 1. The molecule has 6 heteroatoms. The van der Waals surface area contributed by atoms with Crippen LogP contribution in [0, 0.1) is 0 Å². The monoisotopic (exact) mass is 356 g/mol. The first-order valence-corrected chi connectivity index (χ1v) is 8.74. The molecule has 1 N–H and O–H groups in total. The van der Waals surface area contributed by atoms with Crippen LogP contribution in [0.3, 0.4) is 0 Å². The highest BCUT2D eigenvalue weighted by Crippen LogP contribution is 2.32. The summed E-state index contributed by atoms with van der Waals surface area (Å²) in [5.41, 5.74) is 2.09. The average Bonchev–Trinajstić information content (AvgIpc) is 3.14. The van der Waals surface area contributed by atoms with E-state index in [1.807, 2.05) is 49.4 Å². The van der Waals surface area contributed by atoms with Crippen LogP contribution in [0.15, 0.2) is 42.5 Å². The van der Waals surface area contributed by atoms with Gasteiger partial charge in [0.15, 0.2) is 11.5 Å². The molecule has 2 aromatic carbocycles. The number of hydrogen-bond donors (Lipinski definition) is 1. The van der Waals surface area contributed by atoms with Gasteiger partial charge in [-0.1, -0.05) is 24.3 Å². The lowest BCUT2D eigenvalue weighted by Crippen LogP contribution is -2.40. The minimum Gasteiger partial charge on any atom is -0.496 e. The first-order chi connectivity index (χ1) is 12.7. The van der Waals surface area contributed by atoms with Crippen molar-refractivity contribution in [3.63, 3.8) is 0 Å². The van der Waals surface area contributed by atoms with Gasteiger partial charge in [-0.25, -0.2) is 4.79 Å². The number of hydrogen-bond acceptors (Lipinski definition) is 4. The van der Waals surface area contributed by atoms with E-state index in [1.54, 1.807) is 12.0 Å². The van der Waals surface area contributed by atoms with Gasteiger partial charge in [0.05, 0.1) is 7.11 Å². The highest BCUT2D eigenvalue weighted by Gasteiger charge is 2.16. The number of amides is 2. The van der Waals surface area contributed by atoms with E-state index in [1.165, 1.54) is 0 Å². The molecule has 1 aliphatic rings. The zero-order valence-electron chi connectivity index (χ0n) is 15.2. The Morgan fingerprint density at radius 2 is 2.00 bits per heavy atom. The molecule has 138 valence electrons. The number of ether oxygens (including phenoxy) is 3. The summed E-state index contributed by atoms with van der Waals surface area (Å²) < 4.78 is 16.1. The van der Waals surface area contributed by atoms with Crippen molar-refractivity contribution in [3.8, 4) is 17.2 Å². The summed E-state index contributed by atoms with van der Waals surface area (Å²) in [6.07, 6.45) is 0.720. The van der Waals surface area contributed by atoms with Crippen LogP contribution in [0.4, 0.5) is 4.79 Å². The van der Waals surface area contributed by atoms with Crippen LogP contribution in [0.1, 0.15) is 18.1 Å². The van der Waals surface area contributed by atoms with Crippen molar-refractivity contribution in [2.75, 3.05) is 27.0 Å². The van der Waals surface area contributed by atoms with Crippen molar-refractivity contribution >= 4 is 6.03 Å². The molecule has 26 heavy (non-hydrogen) atoms. The maximum atomic E-state index is 12.5. The quantitative estimate of drug-likeness (QED) is 0.828. The molecule has 6 nitrogen and oxygen atoms in total. The third-order valence-electron chi connectivity index (χ3n) is 4.34. The van der Waals surface area contributed by atoms with Crippen molar-refractivity contribution in [2.45, 2.75) is 19.9 Å². The Morgan fingerprint density at radius 3 is 2.81 bits per heavy atom. The van der Waals surface area contributed by atoms with Crippen LogP contribution in [0.2, 0.25) is 0 Å². The highest BCUT2D eigenvalue weighted by atomic mass is 16.7. The number of carbonyl (C=O) groups excluding carboxylic acids is 1. The number of rotatable bonds is 7. The second-order valence-corrected chi connectivity index (χ2v) is 6.00. The molecule has 2 aromatic rings. The van der Waals surface area contributed by atoms with Gasteiger partial charge in [0.2, 0.25) is 6.79 Å². The Hall–Kier alpha value is -2.89. The van der Waals surface area contributed by atoms with Gasteiger partial charge in [0.1, 0.15) is 5.75 Å². The Bertz CT molecular complexity index is 763. The molecule has 0 fully saturated rings. The molecule has 0 unspecified atom stereocenters. The second-order valence-electron chi connectivity index (χ2n) is 6.00. The molecule has 0 radical (unpaired) electrons. The SMILES string of the molecule is CCN(Cc1ccc2c(c1)OCO2)C(=O)NCCc1ccccc1OC. The van der Waals surface area contributed by atoms with E-state index < -0.39 is 0 Å². The maximum absolute atomic E-state index is 12.5. The lowest BCUT2D eigenvalue weighted by atomic mass is 10.1. The normalized spacial score (nSPS) is 11.9. The number of nitrogens with zero attached hydrogens (tertiary/aromatic N) is 1. The fraction of sp³-hybridized carbons (Fsp3) is 0.350. The van der Waals surface area contributed by atoms with Gasteiger partial charge in [-0.05, 0) is 42.7 Å². The van der Waals surface area contributed by atoms with Crippen molar-refractivity contribution in [3.05, 3.63) is 53.6 Å². The van der Waals surface area contributed by atoms with Gasteiger partial charge in [-0.15, -0.1) is 0 Å². The summed E-state index contributed by atoms with van der Waals surface area (Å²) in [4.78, 5) is 14.2. The van der Waals surface area contributed by atoms with Crippen LogP contribution in [-0.4, -0.2) is 37.9 Å². The molecule has 2 amide bonds. The van der Waals surface area contributed by atoms with Crippen molar-refractivity contribution in [1.29, 1.82) is 0 Å². The van der Waals surface area contributed by atoms with Gasteiger partial charge in [-0.2, -0.15) is 0 Å². The molecule has 1 aliphatic heterocycles. The first-order valence-electron chi connectivity index (χ1n) is 8.74. The van der Waals surface area contributed by atoms with Crippen molar-refractivity contribution in [2.24, 2.45) is 0 Å². The molecule has 0 aliphatic carbocycles. The Balaban J connectivity index is 1.54. The van der Waals surface area contributed by atoms with E-state index in [4.69, 9.17) is 14.2 Å². The summed E-state index contributed by atoms with van der Waals surface area (Å²) in [5, 5.41) is 2.98. The van der Waals surface area contributed by atoms with Gasteiger partial charge in [0, 0.05) is 19.6 Å². The zero-order valence-corrected chi connectivity index (χ0v) is 15.2. The van der Waals surface area contributed by atoms with E-state index in [0.29, 0.717) is 19.6 Å². The number of para-hydroxylation sites is 1. The van der Waals surface area contributed by atoms with E-state index >= 15 is 0 Å². The third-order valence-corrected chi connectivity index (χ3v) is 4.34. The van der Waals surface area contributed by atoms with E-state index in [0.717, 1.165) is 34.8 Å². The van der Waals surface area contributed by atoms with Gasteiger partial charge < -0.3 is 24.4 Å².